The summed E-state index contributed by atoms with van der Waals surface area (Å²) >= 11 is 0. The maximum Gasteiger partial charge on any atom is 0.243 e. The van der Waals surface area contributed by atoms with Gasteiger partial charge >= 0.3 is 0 Å². The van der Waals surface area contributed by atoms with Crippen LogP contribution < -0.4 is 0 Å². The zero-order chi connectivity index (χ0) is 14.0. The van der Waals surface area contributed by atoms with Crippen LogP contribution in [0.4, 0.5) is 0 Å². The summed E-state index contributed by atoms with van der Waals surface area (Å²) in [5.41, 5.74) is 5.39. The van der Waals surface area contributed by atoms with E-state index >= 15 is 0 Å². The molecule has 0 aromatic heterocycles. The second-order valence-corrected chi connectivity index (χ2v) is 4.84. The Morgan fingerprint density at radius 3 is 2.11 bits per heavy atom. The first-order chi connectivity index (χ1) is 8.97. The highest BCUT2D eigenvalue weighted by Gasteiger charge is 2.14. The van der Waals surface area contributed by atoms with Gasteiger partial charge < -0.3 is 4.90 Å². The van der Waals surface area contributed by atoms with E-state index in [-0.39, 0.29) is 5.91 Å². The molecule has 3 nitrogen and oxygen atoms in total. The highest BCUT2D eigenvalue weighted by atomic mass is 16.1. The molecule has 1 amide bonds. The fraction of sp³-hybridized carbons (Fsp3) is 0.250. The van der Waals surface area contributed by atoms with E-state index in [1.54, 1.807) is 0 Å². The second kappa shape index (κ2) is 5.22. The van der Waals surface area contributed by atoms with Crippen molar-refractivity contribution in [2.75, 3.05) is 7.05 Å². The molecule has 3 heteroatoms. The summed E-state index contributed by atoms with van der Waals surface area (Å²) in [7, 11) is 2.00. The van der Waals surface area contributed by atoms with E-state index in [0.717, 1.165) is 16.9 Å². The molecule has 0 atom stereocenters. The van der Waals surface area contributed by atoms with Crippen molar-refractivity contribution in [3.8, 4) is 0 Å². The fourth-order valence-electron chi connectivity index (χ4n) is 2.31. The third kappa shape index (κ3) is 2.99. The molecular weight excluding hydrogens is 236 g/mol. The quantitative estimate of drug-likeness (QED) is 0.665. The minimum Gasteiger partial charge on any atom is -0.357 e. The molecule has 1 aliphatic heterocycles. The number of rotatable bonds is 0. The molecule has 0 N–H and O–H groups in total. The Bertz CT molecular complexity index is 558. The average molecular weight is 254 g/mol. The standard InChI is InChI=1S/C16H18N2O/c1-11-9-15(17-13(3)19)10-12(2)16(11)14-5-7-18(4)8-6-14/h5-10H,1-4H3. The summed E-state index contributed by atoms with van der Waals surface area (Å²) in [4.78, 5) is 17.1. The fourth-order valence-corrected chi connectivity index (χ4v) is 2.31. The number of nitrogens with zero attached hydrogens (tertiary/aromatic N) is 2. The number of carbonyl (C=O) groups excluding carboxylic acids is 1. The Balaban J connectivity index is 2.44. The first-order valence-electron chi connectivity index (χ1n) is 6.26. The predicted octanol–water partition coefficient (Wildman–Crippen LogP) is 3.15. The van der Waals surface area contributed by atoms with Crippen molar-refractivity contribution < 1.29 is 4.79 Å². The largest absolute Gasteiger partial charge is 0.357 e. The molecule has 1 heterocycles. The van der Waals surface area contributed by atoms with E-state index in [0.29, 0.717) is 0 Å². The number of hydrogen-bond acceptors (Lipinski definition) is 2. The number of hydrogen-bond donors (Lipinski definition) is 0. The zero-order valence-corrected chi connectivity index (χ0v) is 11.8. The number of allylic oxidation sites excluding steroid dienone is 8. The van der Waals surface area contributed by atoms with E-state index in [9.17, 15) is 4.79 Å². The van der Waals surface area contributed by atoms with Crippen LogP contribution in [-0.4, -0.2) is 23.6 Å². The minimum absolute atomic E-state index is 0.168. The van der Waals surface area contributed by atoms with E-state index in [1.165, 1.54) is 18.1 Å². The van der Waals surface area contributed by atoms with Crippen LogP contribution in [0.3, 0.4) is 0 Å². The average Bonchev–Trinajstić information content (AvgIpc) is 2.29. The third-order valence-electron chi connectivity index (χ3n) is 3.07. The van der Waals surface area contributed by atoms with Crippen molar-refractivity contribution in [2.24, 2.45) is 4.99 Å². The lowest BCUT2D eigenvalue weighted by molar-refractivity contribution is -0.115. The van der Waals surface area contributed by atoms with Crippen LogP contribution in [0.2, 0.25) is 0 Å². The van der Waals surface area contributed by atoms with Crippen molar-refractivity contribution >= 4 is 11.6 Å². The van der Waals surface area contributed by atoms with Gasteiger partial charge in [0.05, 0.1) is 5.71 Å². The molecule has 2 aliphatic rings. The monoisotopic (exact) mass is 254 g/mol. The Labute approximate surface area is 114 Å². The van der Waals surface area contributed by atoms with Gasteiger partial charge in [0.15, 0.2) is 0 Å². The summed E-state index contributed by atoms with van der Waals surface area (Å²) in [6.07, 6.45) is 12.2. The molecule has 98 valence electrons. The van der Waals surface area contributed by atoms with E-state index in [4.69, 9.17) is 0 Å². The van der Waals surface area contributed by atoms with Gasteiger partial charge in [-0.25, -0.2) is 4.99 Å². The maximum absolute atomic E-state index is 11.1. The van der Waals surface area contributed by atoms with Crippen molar-refractivity contribution in [3.63, 3.8) is 0 Å². The highest BCUT2D eigenvalue weighted by Crippen LogP contribution is 2.29. The lowest BCUT2D eigenvalue weighted by Crippen LogP contribution is -2.09. The maximum atomic E-state index is 11.1. The number of carbonyl (C=O) groups is 1. The van der Waals surface area contributed by atoms with Gasteiger partial charge in [0.2, 0.25) is 5.91 Å². The van der Waals surface area contributed by atoms with Crippen LogP contribution in [0, 0.1) is 0 Å². The SMILES string of the molecule is CC(=O)N=C1C=C(C)C(=C2C=CN(C)C=C2)C(C)=C1. The molecule has 0 aromatic rings. The van der Waals surface area contributed by atoms with Crippen molar-refractivity contribution in [3.05, 3.63) is 59.0 Å². The summed E-state index contributed by atoms with van der Waals surface area (Å²) in [5.74, 6) is -0.168. The van der Waals surface area contributed by atoms with Crippen LogP contribution in [-0.2, 0) is 4.79 Å². The summed E-state index contributed by atoms with van der Waals surface area (Å²) in [6, 6.07) is 0. The molecule has 0 bridgehead atoms. The second-order valence-electron chi connectivity index (χ2n) is 4.84. The molecule has 0 saturated carbocycles. The first-order valence-corrected chi connectivity index (χ1v) is 6.26. The van der Waals surface area contributed by atoms with E-state index in [2.05, 4.69) is 31.0 Å². The van der Waals surface area contributed by atoms with Gasteiger partial charge in [0.1, 0.15) is 0 Å². The smallest absolute Gasteiger partial charge is 0.243 e. The lowest BCUT2D eigenvalue weighted by Gasteiger charge is -2.20. The molecule has 19 heavy (non-hydrogen) atoms. The van der Waals surface area contributed by atoms with Crippen LogP contribution in [0.5, 0.6) is 0 Å². The Morgan fingerprint density at radius 2 is 1.63 bits per heavy atom. The van der Waals surface area contributed by atoms with Crippen molar-refractivity contribution in [1.82, 2.24) is 4.90 Å². The molecule has 2 rings (SSSR count). The normalized spacial score (nSPS) is 18.5. The summed E-state index contributed by atoms with van der Waals surface area (Å²) < 4.78 is 0. The number of amides is 1. The predicted molar refractivity (Wildman–Crippen MR) is 78.7 cm³/mol. The Kier molecular flexibility index (Phi) is 3.65. The number of aliphatic imine (C=N–C) groups is 1. The molecule has 0 saturated heterocycles. The zero-order valence-electron chi connectivity index (χ0n) is 11.8. The Hall–Kier alpha value is -2.16. The van der Waals surface area contributed by atoms with E-state index in [1.807, 2.05) is 36.5 Å². The van der Waals surface area contributed by atoms with Gasteiger partial charge in [-0.05, 0) is 60.4 Å². The highest BCUT2D eigenvalue weighted by molar-refractivity contribution is 6.11. The molecule has 0 unspecified atom stereocenters. The van der Waals surface area contributed by atoms with E-state index < -0.39 is 0 Å². The molecule has 0 aromatic carbocycles. The third-order valence-corrected chi connectivity index (χ3v) is 3.07. The molecular formula is C16H18N2O. The van der Waals surface area contributed by atoms with Crippen molar-refractivity contribution in [1.29, 1.82) is 0 Å². The molecule has 0 spiro atoms. The van der Waals surface area contributed by atoms with Crippen LogP contribution in [0.15, 0.2) is 64.0 Å². The van der Waals surface area contributed by atoms with Gasteiger partial charge in [0.25, 0.3) is 0 Å². The van der Waals surface area contributed by atoms with Gasteiger partial charge in [-0.15, -0.1) is 0 Å². The van der Waals surface area contributed by atoms with Gasteiger partial charge in [-0.1, -0.05) is 0 Å². The van der Waals surface area contributed by atoms with Gasteiger partial charge in [0, 0.05) is 26.4 Å². The Morgan fingerprint density at radius 1 is 1.11 bits per heavy atom. The summed E-state index contributed by atoms with van der Waals surface area (Å²) in [6.45, 7) is 5.57. The first kappa shape index (κ1) is 13.3. The van der Waals surface area contributed by atoms with Gasteiger partial charge in [-0.3, -0.25) is 4.79 Å². The minimum atomic E-state index is -0.168. The molecule has 0 fully saturated rings. The van der Waals surface area contributed by atoms with Crippen LogP contribution >= 0.6 is 0 Å². The lowest BCUT2D eigenvalue weighted by atomic mass is 9.88. The molecule has 1 aliphatic carbocycles. The van der Waals surface area contributed by atoms with Crippen LogP contribution in [0.25, 0.3) is 0 Å². The van der Waals surface area contributed by atoms with Crippen molar-refractivity contribution in [2.45, 2.75) is 20.8 Å². The van der Waals surface area contributed by atoms with Crippen LogP contribution in [0.1, 0.15) is 20.8 Å². The molecule has 0 radical (unpaired) electrons. The summed E-state index contributed by atoms with van der Waals surface area (Å²) in [5, 5.41) is 0. The topological polar surface area (TPSA) is 32.7 Å². The van der Waals surface area contributed by atoms with Gasteiger partial charge in [-0.2, -0.15) is 0 Å².